The second kappa shape index (κ2) is 6.55. The minimum atomic E-state index is -0.391. The third-order valence-electron chi connectivity index (χ3n) is 3.04. The predicted octanol–water partition coefficient (Wildman–Crippen LogP) is 3.38. The van der Waals surface area contributed by atoms with Crippen molar-refractivity contribution in [1.29, 1.82) is 0 Å². The standard InChI is InChI=1S/C13H17BrClNO2/c1-3-13(2,6-7-17)16-12(18)9-4-5-11(15)10(14)8-9/h4-5,8,17H,3,6-7H2,1-2H3,(H,16,18). The fraction of sp³-hybridized carbons (Fsp3) is 0.462. The average Bonchev–Trinajstić information content (AvgIpc) is 2.32. The highest BCUT2D eigenvalue weighted by Gasteiger charge is 2.24. The van der Waals surface area contributed by atoms with Crippen molar-refractivity contribution in [2.45, 2.75) is 32.2 Å². The number of rotatable bonds is 5. The summed E-state index contributed by atoms with van der Waals surface area (Å²) in [6.45, 7) is 3.95. The zero-order chi connectivity index (χ0) is 13.8. The van der Waals surface area contributed by atoms with Gasteiger partial charge in [0, 0.05) is 22.2 Å². The SMILES string of the molecule is CCC(C)(CCO)NC(=O)c1ccc(Cl)c(Br)c1. The molecule has 100 valence electrons. The van der Waals surface area contributed by atoms with Gasteiger partial charge in [0.1, 0.15) is 0 Å². The highest BCUT2D eigenvalue weighted by molar-refractivity contribution is 9.10. The van der Waals surface area contributed by atoms with Gasteiger partial charge in [0.05, 0.1) is 5.02 Å². The molecule has 0 aliphatic carbocycles. The van der Waals surface area contributed by atoms with Crippen LogP contribution in [0, 0.1) is 0 Å². The molecule has 3 nitrogen and oxygen atoms in total. The Bertz CT molecular complexity index is 439. The van der Waals surface area contributed by atoms with Crippen LogP contribution in [0.2, 0.25) is 5.02 Å². The van der Waals surface area contributed by atoms with E-state index < -0.39 is 5.54 Å². The van der Waals surface area contributed by atoms with Crippen molar-refractivity contribution in [2.24, 2.45) is 0 Å². The van der Waals surface area contributed by atoms with Crippen molar-refractivity contribution < 1.29 is 9.90 Å². The molecule has 0 spiro atoms. The molecule has 1 aromatic rings. The zero-order valence-electron chi connectivity index (χ0n) is 10.5. The van der Waals surface area contributed by atoms with Crippen LogP contribution in [0.5, 0.6) is 0 Å². The van der Waals surface area contributed by atoms with Crippen molar-refractivity contribution in [2.75, 3.05) is 6.61 Å². The van der Waals surface area contributed by atoms with Gasteiger partial charge in [-0.3, -0.25) is 4.79 Å². The molecular weight excluding hydrogens is 318 g/mol. The number of aliphatic hydroxyl groups excluding tert-OH is 1. The third-order valence-corrected chi connectivity index (χ3v) is 4.25. The highest BCUT2D eigenvalue weighted by Crippen LogP contribution is 2.24. The van der Waals surface area contributed by atoms with Crippen LogP contribution >= 0.6 is 27.5 Å². The molecular formula is C13H17BrClNO2. The van der Waals surface area contributed by atoms with Crippen molar-refractivity contribution in [3.8, 4) is 0 Å². The number of hydrogen-bond donors (Lipinski definition) is 2. The monoisotopic (exact) mass is 333 g/mol. The molecule has 0 heterocycles. The first-order valence-electron chi connectivity index (χ1n) is 5.80. The van der Waals surface area contributed by atoms with E-state index >= 15 is 0 Å². The smallest absolute Gasteiger partial charge is 0.251 e. The Morgan fingerprint density at radius 2 is 2.22 bits per heavy atom. The molecule has 0 aliphatic heterocycles. The zero-order valence-corrected chi connectivity index (χ0v) is 12.8. The molecule has 2 N–H and O–H groups in total. The second-order valence-corrected chi connectivity index (χ2v) is 5.73. The van der Waals surface area contributed by atoms with Gasteiger partial charge in [0.15, 0.2) is 0 Å². The number of carbonyl (C=O) groups excluding carboxylic acids is 1. The first kappa shape index (κ1) is 15.5. The van der Waals surface area contributed by atoms with Gasteiger partial charge in [-0.05, 0) is 53.9 Å². The lowest BCUT2D eigenvalue weighted by Crippen LogP contribution is -2.46. The largest absolute Gasteiger partial charge is 0.396 e. The van der Waals surface area contributed by atoms with Crippen molar-refractivity contribution >= 4 is 33.4 Å². The van der Waals surface area contributed by atoms with Crippen molar-refractivity contribution in [3.63, 3.8) is 0 Å². The molecule has 0 saturated carbocycles. The normalized spacial score (nSPS) is 14.1. The minimum absolute atomic E-state index is 0.0505. The van der Waals surface area contributed by atoms with E-state index in [-0.39, 0.29) is 12.5 Å². The summed E-state index contributed by atoms with van der Waals surface area (Å²) >= 11 is 9.17. The van der Waals surface area contributed by atoms with Crippen LogP contribution in [0.15, 0.2) is 22.7 Å². The molecule has 18 heavy (non-hydrogen) atoms. The number of nitrogens with one attached hydrogen (secondary N) is 1. The summed E-state index contributed by atoms with van der Waals surface area (Å²) in [5.41, 5.74) is 0.154. The van der Waals surface area contributed by atoms with Crippen LogP contribution < -0.4 is 5.32 Å². The molecule has 0 aliphatic rings. The molecule has 1 amide bonds. The lowest BCUT2D eigenvalue weighted by molar-refractivity contribution is 0.0886. The molecule has 1 unspecified atom stereocenters. The van der Waals surface area contributed by atoms with Crippen LogP contribution in [0.25, 0.3) is 0 Å². The predicted molar refractivity (Wildman–Crippen MR) is 77.0 cm³/mol. The van der Waals surface area contributed by atoms with Gasteiger partial charge in [-0.2, -0.15) is 0 Å². The van der Waals surface area contributed by atoms with Crippen molar-refractivity contribution in [3.05, 3.63) is 33.3 Å². The Morgan fingerprint density at radius 1 is 1.56 bits per heavy atom. The maximum absolute atomic E-state index is 12.1. The highest BCUT2D eigenvalue weighted by atomic mass is 79.9. The molecule has 1 aromatic carbocycles. The van der Waals surface area contributed by atoms with Gasteiger partial charge in [-0.15, -0.1) is 0 Å². The second-order valence-electron chi connectivity index (χ2n) is 4.47. The van der Waals surface area contributed by atoms with Gasteiger partial charge in [0.2, 0.25) is 0 Å². The fourth-order valence-corrected chi connectivity index (χ4v) is 2.05. The van der Waals surface area contributed by atoms with E-state index in [1.54, 1.807) is 18.2 Å². The maximum Gasteiger partial charge on any atom is 0.251 e. The molecule has 0 aromatic heterocycles. The molecule has 1 atom stereocenters. The first-order valence-corrected chi connectivity index (χ1v) is 6.97. The number of hydrogen-bond acceptors (Lipinski definition) is 2. The van der Waals surface area contributed by atoms with Crippen LogP contribution in [0.4, 0.5) is 0 Å². The quantitative estimate of drug-likeness (QED) is 0.867. The summed E-state index contributed by atoms with van der Waals surface area (Å²) in [6, 6.07) is 5.04. The Labute approximate surface area is 121 Å². The van der Waals surface area contributed by atoms with Crippen LogP contribution in [0.3, 0.4) is 0 Å². The molecule has 0 radical (unpaired) electrons. The summed E-state index contributed by atoms with van der Waals surface area (Å²) in [6.07, 6.45) is 1.29. The molecule has 0 saturated heterocycles. The number of amides is 1. The van der Waals surface area contributed by atoms with Gasteiger partial charge < -0.3 is 10.4 Å². The van der Waals surface area contributed by atoms with E-state index in [0.717, 1.165) is 6.42 Å². The van der Waals surface area contributed by atoms with E-state index in [2.05, 4.69) is 21.2 Å². The van der Waals surface area contributed by atoms with Gasteiger partial charge in [-0.25, -0.2) is 0 Å². The van der Waals surface area contributed by atoms with Crippen molar-refractivity contribution in [1.82, 2.24) is 5.32 Å². The lowest BCUT2D eigenvalue weighted by atomic mass is 9.94. The lowest BCUT2D eigenvalue weighted by Gasteiger charge is -2.29. The summed E-state index contributed by atoms with van der Waals surface area (Å²) in [5.74, 6) is -0.162. The molecule has 5 heteroatoms. The Morgan fingerprint density at radius 3 is 2.72 bits per heavy atom. The van der Waals surface area contributed by atoms with E-state index in [0.29, 0.717) is 21.5 Å². The molecule has 1 rings (SSSR count). The summed E-state index contributed by atoms with van der Waals surface area (Å²) in [7, 11) is 0. The number of halogens is 2. The molecule has 0 bridgehead atoms. The van der Waals surface area contributed by atoms with E-state index in [9.17, 15) is 4.79 Å². The van der Waals surface area contributed by atoms with Crippen LogP contribution in [0.1, 0.15) is 37.0 Å². The number of aliphatic hydroxyl groups is 1. The van der Waals surface area contributed by atoms with Gasteiger partial charge >= 0.3 is 0 Å². The number of benzene rings is 1. The van der Waals surface area contributed by atoms with Gasteiger partial charge in [-0.1, -0.05) is 18.5 Å². The van der Waals surface area contributed by atoms with Crippen LogP contribution in [-0.2, 0) is 0 Å². The third kappa shape index (κ3) is 3.97. The Kier molecular flexibility index (Phi) is 5.63. The summed E-state index contributed by atoms with van der Waals surface area (Å²) in [4.78, 5) is 12.1. The number of carbonyl (C=O) groups is 1. The summed E-state index contributed by atoms with van der Waals surface area (Å²) in [5, 5.41) is 12.5. The maximum atomic E-state index is 12.1. The van der Waals surface area contributed by atoms with E-state index in [1.165, 1.54) is 0 Å². The van der Waals surface area contributed by atoms with E-state index in [4.69, 9.17) is 16.7 Å². The summed E-state index contributed by atoms with van der Waals surface area (Å²) < 4.78 is 0.692. The van der Waals surface area contributed by atoms with Gasteiger partial charge in [0.25, 0.3) is 5.91 Å². The van der Waals surface area contributed by atoms with E-state index in [1.807, 2.05) is 13.8 Å². The topological polar surface area (TPSA) is 49.3 Å². The fourth-order valence-electron chi connectivity index (χ4n) is 1.56. The minimum Gasteiger partial charge on any atom is -0.396 e. The average molecular weight is 335 g/mol. The van der Waals surface area contributed by atoms with Crippen LogP contribution in [-0.4, -0.2) is 23.2 Å². The molecule has 0 fully saturated rings. The Balaban J connectivity index is 2.84. The Hall–Kier alpha value is -0.580. The first-order chi connectivity index (χ1) is 8.41.